The summed E-state index contributed by atoms with van der Waals surface area (Å²) in [6.45, 7) is 7.88. The highest BCUT2D eigenvalue weighted by Gasteiger charge is 2.22. The zero-order valence-corrected chi connectivity index (χ0v) is 16.4. The van der Waals surface area contributed by atoms with E-state index >= 15 is 0 Å². The molecule has 3 aromatic rings. The number of anilines is 1. The normalized spacial score (nSPS) is 11.9. The number of hydrogen-bond acceptors (Lipinski definition) is 4. The first-order chi connectivity index (χ1) is 13.3. The van der Waals surface area contributed by atoms with Gasteiger partial charge in [0.1, 0.15) is 11.8 Å². The molecule has 3 rings (SSSR count). The van der Waals surface area contributed by atoms with E-state index < -0.39 is 11.8 Å². The molecule has 2 heterocycles. The first-order valence-electron chi connectivity index (χ1n) is 9.07. The van der Waals surface area contributed by atoms with Crippen LogP contribution in [0.3, 0.4) is 0 Å². The minimum atomic E-state index is -0.712. The van der Waals surface area contributed by atoms with Crippen LogP contribution in [0.1, 0.15) is 34.3 Å². The average Bonchev–Trinajstić information content (AvgIpc) is 3.24. The maximum atomic E-state index is 12.3. The molecule has 0 bridgehead atoms. The molecule has 28 heavy (non-hydrogen) atoms. The van der Waals surface area contributed by atoms with E-state index in [0.29, 0.717) is 11.4 Å². The molecule has 0 aliphatic carbocycles. The minimum absolute atomic E-state index is 0.175. The summed E-state index contributed by atoms with van der Waals surface area (Å²) in [5, 5.41) is 9.81. The molecule has 7 nitrogen and oxygen atoms in total. The van der Waals surface area contributed by atoms with Crippen molar-refractivity contribution >= 4 is 17.5 Å². The van der Waals surface area contributed by atoms with Crippen LogP contribution in [0.15, 0.2) is 47.1 Å². The Balaban J connectivity index is 1.69. The Labute approximate surface area is 163 Å². The highest BCUT2D eigenvalue weighted by Crippen LogP contribution is 2.20. The molecule has 146 valence electrons. The van der Waals surface area contributed by atoms with Gasteiger partial charge in [-0.05, 0) is 69.2 Å². The highest BCUT2D eigenvalue weighted by atomic mass is 16.3. The van der Waals surface area contributed by atoms with Gasteiger partial charge in [0.25, 0.3) is 0 Å². The summed E-state index contributed by atoms with van der Waals surface area (Å²) < 4.78 is 7.30. The summed E-state index contributed by atoms with van der Waals surface area (Å²) in [6, 6.07) is 10.8. The second-order valence-corrected chi connectivity index (χ2v) is 6.94. The molecule has 1 atom stereocenters. The number of amides is 2. The number of nitrogens with one attached hydrogen (secondary N) is 2. The summed E-state index contributed by atoms with van der Waals surface area (Å²) >= 11 is 0. The van der Waals surface area contributed by atoms with Crippen LogP contribution in [-0.4, -0.2) is 28.1 Å². The molecule has 1 unspecified atom stereocenters. The van der Waals surface area contributed by atoms with Crippen LogP contribution >= 0.6 is 0 Å². The fourth-order valence-electron chi connectivity index (χ4n) is 3.25. The van der Waals surface area contributed by atoms with E-state index in [4.69, 9.17) is 4.42 Å². The predicted molar refractivity (Wildman–Crippen MR) is 106 cm³/mol. The van der Waals surface area contributed by atoms with Crippen molar-refractivity contribution in [3.8, 4) is 0 Å². The molecule has 7 heteroatoms. The first kappa shape index (κ1) is 19.4. The lowest BCUT2D eigenvalue weighted by Crippen LogP contribution is -2.39. The summed E-state index contributed by atoms with van der Waals surface area (Å²) in [5.74, 6) is -0.768. The van der Waals surface area contributed by atoms with Gasteiger partial charge in [0.05, 0.1) is 12.0 Å². The van der Waals surface area contributed by atoms with Crippen LogP contribution < -0.4 is 10.6 Å². The van der Waals surface area contributed by atoms with Crippen molar-refractivity contribution in [2.75, 3.05) is 11.9 Å². The number of benzene rings is 1. The lowest BCUT2D eigenvalue weighted by Gasteiger charge is -2.18. The molecular weight excluding hydrogens is 356 g/mol. The van der Waals surface area contributed by atoms with Gasteiger partial charge in [0.2, 0.25) is 0 Å². The Morgan fingerprint density at radius 3 is 2.36 bits per heavy atom. The number of nitrogens with zero attached hydrogens (tertiary/aromatic N) is 2. The van der Waals surface area contributed by atoms with Gasteiger partial charge >= 0.3 is 11.8 Å². The Bertz CT molecular complexity index is 969. The number of carbonyl (C=O) groups excluding carboxylic acids is 2. The van der Waals surface area contributed by atoms with Gasteiger partial charge in [-0.1, -0.05) is 6.07 Å². The van der Waals surface area contributed by atoms with E-state index in [1.54, 1.807) is 17.0 Å². The van der Waals surface area contributed by atoms with Gasteiger partial charge in [-0.15, -0.1) is 0 Å². The molecule has 2 amide bonds. The van der Waals surface area contributed by atoms with Crippen molar-refractivity contribution in [3.05, 3.63) is 70.9 Å². The van der Waals surface area contributed by atoms with E-state index in [1.807, 2.05) is 58.0 Å². The minimum Gasteiger partial charge on any atom is -0.467 e. The number of carbonyl (C=O) groups is 2. The van der Waals surface area contributed by atoms with Gasteiger partial charge in [0, 0.05) is 17.9 Å². The molecule has 0 spiro atoms. The molecule has 0 saturated carbocycles. The van der Waals surface area contributed by atoms with Crippen LogP contribution in [-0.2, 0) is 9.59 Å². The van der Waals surface area contributed by atoms with Gasteiger partial charge in [-0.25, -0.2) is 0 Å². The quantitative estimate of drug-likeness (QED) is 0.666. The zero-order valence-electron chi connectivity index (χ0n) is 16.4. The summed E-state index contributed by atoms with van der Waals surface area (Å²) in [5.41, 5.74) is 4.43. The summed E-state index contributed by atoms with van der Waals surface area (Å²) in [4.78, 5) is 24.6. The van der Waals surface area contributed by atoms with Gasteiger partial charge in [0.15, 0.2) is 0 Å². The highest BCUT2D eigenvalue weighted by molar-refractivity contribution is 6.39. The third-order valence-electron chi connectivity index (χ3n) is 4.35. The number of hydrogen-bond donors (Lipinski definition) is 2. The Kier molecular flexibility index (Phi) is 5.63. The zero-order chi connectivity index (χ0) is 20.3. The lowest BCUT2D eigenvalue weighted by atomic mass is 10.1. The number of aryl methyl sites for hydroxylation is 4. The van der Waals surface area contributed by atoms with Crippen molar-refractivity contribution in [1.29, 1.82) is 0 Å². The summed E-state index contributed by atoms with van der Waals surface area (Å²) in [7, 11) is 0. The molecule has 1 aromatic carbocycles. The van der Waals surface area contributed by atoms with E-state index in [2.05, 4.69) is 15.7 Å². The van der Waals surface area contributed by atoms with Crippen molar-refractivity contribution in [3.63, 3.8) is 0 Å². The number of aromatic nitrogens is 2. The second-order valence-electron chi connectivity index (χ2n) is 6.94. The molecule has 2 N–H and O–H groups in total. The van der Waals surface area contributed by atoms with Gasteiger partial charge < -0.3 is 15.1 Å². The van der Waals surface area contributed by atoms with E-state index in [0.717, 1.165) is 22.5 Å². The molecule has 0 aliphatic heterocycles. The van der Waals surface area contributed by atoms with E-state index in [9.17, 15) is 9.59 Å². The number of furan rings is 1. The van der Waals surface area contributed by atoms with Crippen molar-refractivity contribution < 1.29 is 14.0 Å². The first-order valence-corrected chi connectivity index (χ1v) is 9.07. The fourth-order valence-corrected chi connectivity index (χ4v) is 3.25. The predicted octanol–water partition coefficient (Wildman–Crippen LogP) is 3.05. The monoisotopic (exact) mass is 380 g/mol. The maximum Gasteiger partial charge on any atom is 0.313 e. The molecular formula is C21H24N4O3. The maximum absolute atomic E-state index is 12.3. The van der Waals surface area contributed by atoms with Crippen LogP contribution in [0.25, 0.3) is 0 Å². The third-order valence-corrected chi connectivity index (χ3v) is 4.35. The smallest absolute Gasteiger partial charge is 0.313 e. The Morgan fingerprint density at radius 1 is 1.07 bits per heavy atom. The van der Waals surface area contributed by atoms with Crippen molar-refractivity contribution in [1.82, 2.24) is 15.1 Å². The third kappa shape index (κ3) is 4.49. The molecule has 0 aliphatic rings. The SMILES string of the molecule is Cc1cc(C)cc(NC(=O)C(=O)NCC(c2ccco2)n2nc(C)cc2C)c1. The molecule has 0 fully saturated rings. The second kappa shape index (κ2) is 8.12. The van der Waals surface area contributed by atoms with Crippen LogP contribution in [0.2, 0.25) is 0 Å². The van der Waals surface area contributed by atoms with E-state index in [-0.39, 0.29) is 12.6 Å². The Hall–Kier alpha value is -3.35. The molecule has 0 radical (unpaired) electrons. The van der Waals surface area contributed by atoms with Crippen LogP contribution in [0.5, 0.6) is 0 Å². The Morgan fingerprint density at radius 2 is 1.79 bits per heavy atom. The average molecular weight is 380 g/mol. The summed E-state index contributed by atoms with van der Waals surface area (Å²) in [6.07, 6.45) is 1.57. The fraction of sp³-hybridized carbons (Fsp3) is 0.286. The van der Waals surface area contributed by atoms with Crippen LogP contribution in [0.4, 0.5) is 5.69 Å². The molecule has 0 saturated heterocycles. The van der Waals surface area contributed by atoms with Crippen LogP contribution in [0, 0.1) is 27.7 Å². The lowest BCUT2D eigenvalue weighted by molar-refractivity contribution is -0.136. The standard InChI is InChI=1S/C21H24N4O3/c1-13-8-14(2)10-17(9-13)23-21(27)20(26)22-12-18(19-6-5-7-28-19)25-16(4)11-15(3)24-25/h5-11,18H,12H2,1-4H3,(H,22,26)(H,23,27). The topological polar surface area (TPSA) is 89.2 Å². The number of rotatable bonds is 5. The van der Waals surface area contributed by atoms with Crippen molar-refractivity contribution in [2.45, 2.75) is 33.7 Å². The van der Waals surface area contributed by atoms with Gasteiger partial charge in [-0.3, -0.25) is 14.3 Å². The largest absolute Gasteiger partial charge is 0.467 e. The van der Waals surface area contributed by atoms with Gasteiger partial charge in [-0.2, -0.15) is 5.10 Å². The van der Waals surface area contributed by atoms with E-state index in [1.165, 1.54) is 0 Å². The van der Waals surface area contributed by atoms with Crippen molar-refractivity contribution in [2.24, 2.45) is 0 Å². The molecule has 2 aromatic heterocycles.